The molecule has 0 aromatic heterocycles. The summed E-state index contributed by atoms with van der Waals surface area (Å²) < 4.78 is 5.30. The van der Waals surface area contributed by atoms with Crippen LogP contribution in [0.25, 0.3) is 0 Å². The zero-order chi connectivity index (χ0) is 18.7. The monoisotopic (exact) mass is 358 g/mol. The Morgan fingerprint density at radius 1 is 1.23 bits per heavy atom. The number of hydrogen-bond acceptors (Lipinski definition) is 6. The fourth-order valence-corrected chi connectivity index (χ4v) is 3.04. The molecule has 2 aliphatic heterocycles. The number of allylic oxidation sites excluding steroid dienone is 1. The Kier molecular flexibility index (Phi) is 5.34. The molecule has 138 valence electrons. The van der Waals surface area contributed by atoms with Gasteiger partial charge in [0.05, 0.1) is 18.9 Å². The van der Waals surface area contributed by atoms with Gasteiger partial charge in [0.1, 0.15) is 0 Å². The summed E-state index contributed by atoms with van der Waals surface area (Å²) in [5, 5.41) is 4.19. The minimum atomic E-state index is -1.11. The third kappa shape index (κ3) is 3.47. The lowest BCUT2D eigenvalue weighted by Gasteiger charge is -2.35. The predicted molar refractivity (Wildman–Crippen MR) is 95.0 cm³/mol. The average Bonchev–Trinajstić information content (AvgIpc) is 2.63. The molecule has 26 heavy (non-hydrogen) atoms. The number of urea groups is 1. The fraction of sp³-hybridized carbons (Fsp3) is 0.389. The average molecular weight is 358 g/mol. The lowest BCUT2D eigenvalue weighted by Crippen LogP contribution is -2.60. The van der Waals surface area contributed by atoms with Gasteiger partial charge in [-0.25, -0.2) is 14.7 Å². The highest BCUT2D eigenvalue weighted by atomic mass is 16.5. The molecule has 0 aliphatic carbocycles. The van der Waals surface area contributed by atoms with Crippen molar-refractivity contribution in [3.8, 4) is 0 Å². The van der Waals surface area contributed by atoms with E-state index in [1.165, 1.54) is 0 Å². The number of hydrogen-bond donors (Lipinski definition) is 2. The van der Waals surface area contributed by atoms with Gasteiger partial charge in [-0.2, -0.15) is 0 Å². The summed E-state index contributed by atoms with van der Waals surface area (Å²) in [4.78, 5) is 38.8. The Bertz CT molecular complexity index is 755. The molecule has 8 nitrogen and oxygen atoms in total. The number of rotatable bonds is 4. The number of carbonyl (C=O) groups is 3. The zero-order valence-electron chi connectivity index (χ0n) is 14.8. The van der Waals surface area contributed by atoms with E-state index in [2.05, 4.69) is 10.7 Å². The number of aryl methyl sites for hydroxylation is 1. The number of benzene rings is 1. The molecule has 1 atom stereocenters. The van der Waals surface area contributed by atoms with Crippen LogP contribution in [0.1, 0.15) is 12.5 Å². The van der Waals surface area contributed by atoms with Crippen molar-refractivity contribution in [3.63, 3.8) is 0 Å². The van der Waals surface area contributed by atoms with E-state index >= 15 is 0 Å². The van der Waals surface area contributed by atoms with Gasteiger partial charge in [-0.1, -0.05) is 24.3 Å². The first kappa shape index (κ1) is 18.1. The van der Waals surface area contributed by atoms with E-state index in [1.54, 1.807) is 25.1 Å². The fourth-order valence-electron chi connectivity index (χ4n) is 3.04. The van der Waals surface area contributed by atoms with Gasteiger partial charge < -0.3 is 10.2 Å². The molecule has 0 saturated carbocycles. The van der Waals surface area contributed by atoms with Crippen molar-refractivity contribution in [1.82, 2.24) is 15.8 Å². The smallest absolute Gasteiger partial charge is 0.335 e. The van der Waals surface area contributed by atoms with Crippen LogP contribution < -0.4 is 15.6 Å². The summed E-state index contributed by atoms with van der Waals surface area (Å²) in [6, 6.07) is 6.34. The summed E-state index contributed by atoms with van der Waals surface area (Å²) in [5.74, 6) is -2.30. The number of carbonyl (C=O) groups excluding carboxylic acids is 3. The van der Waals surface area contributed by atoms with Crippen molar-refractivity contribution in [2.45, 2.75) is 13.8 Å². The molecule has 4 amide bonds. The first-order chi connectivity index (χ1) is 12.5. The molecule has 2 N–H and O–H groups in total. The summed E-state index contributed by atoms with van der Waals surface area (Å²) in [5.41, 5.74) is 4.81. The van der Waals surface area contributed by atoms with Crippen molar-refractivity contribution < 1.29 is 19.1 Å². The van der Waals surface area contributed by atoms with Gasteiger partial charge in [-0.15, -0.1) is 0 Å². The molecule has 2 saturated heterocycles. The Labute approximate surface area is 151 Å². The number of anilines is 1. The number of amides is 4. The summed E-state index contributed by atoms with van der Waals surface area (Å²) >= 11 is 0. The number of imide groups is 2. The first-order valence-corrected chi connectivity index (χ1v) is 8.53. The van der Waals surface area contributed by atoms with Gasteiger partial charge in [0.15, 0.2) is 5.92 Å². The Morgan fingerprint density at radius 3 is 2.58 bits per heavy atom. The van der Waals surface area contributed by atoms with Crippen molar-refractivity contribution in [3.05, 3.63) is 41.6 Å². The van der Waals surface area contributed by atoms with Gasteiger partial charge in [0.2, 0.25) is 5.91 Å². The van der Waals surface area contributed by atoms with Gasteiger partial charge in [-0.3, -0.25) is 14.9 Å². The van der Waals surface area contributed by atoms with Gasteiger partial charge in [-0.05, 0) is 25.5 Å². The van der Waals surface area contributed by atoms with Gasteiger partial charge in [0.25, 0.3) is 5.91 Å². The first-order valence-electron chi connectivity index (χ1n) is 8.53. The second-order valence-corrected chi connectivity index (χ2v) is 6.14. The highest BCUT2D eigenvalue weighted by molar-refractivity contribution is 6.29. The molecule has 2 heterocycles. The normalized spacial score (nSPS) is 22.4. The zero-order valence-corrected chi connectivity index (χ0v) is 14.8. The summed E-state index contributed by atoms with van der Waals surface area (Å²) in [7, 11) is 0. The summed E-state index contributed by atoms with van der Waals surface area (Å²) in [6.07, 6.45) is 1.68. The van der Waals surface area contributed by atoms with Crippen LogP contribution in [0.4, 0.5) is 10.5 Å². The van der Waals surface area contributed by atoms with Gasteiger partial charge in [0, 0.05) is 18.8 Å². The number of para-hydroxylation sites is 1. The van der Waals surface area contributed by atoms with Crippen LogP contribution in [0.5, 0.6) is 0 Å². The second kappa shape index (κ2) is 7.67. The standard InChI is InChI=1S/C18H22N4O4/c1-3-13(20-21-8-10-26-11-9-21)15-16(23)19-18(25)22(17(15)24)14-7-5-4-6-12(14)2/h3-7,15,20H,8-11H2,1-2H3,(H,19,23,25)/b13-3+/t15-/m0/s1. The lowest BCUT2D eigenvalue weighted by atomic mass is 9.99. The Morgan fingerprint density at radius 2 is 1.92 bits per heavy atom. The van der Waals surface area contributed by atoms with E-state index in [4.69, 9.17) is 4.74 Å². The number of ether oxygens (including phenoxy) is 1. The van der Waals surface area contributed by atoms with Crippen LogP contribution in [-0.2, 0) is 14.3 Å². The minimum absolute atomic E-state index is 0.445. The quantitative estimate of drug-likeness (QED) is 0.779. The van der Waals surface area contributed by atoms with Crippen LogP contribution in [0.2, 0.25) is 0 Å². The highest BCUT2D eigenvalue weighted by Crippen LogP contribution is 2.26. The van der Waals surface area contributed by atoms with Crippen molar-refractivity contribution >= 4 is 23.5 Å². The highest BCUT2D eigenvalue weighted by Gasteiger charge is 2.44. The van der Waals surface area contributed by atoms with E-state index in [-0.39, 0.29) is 0 Å². The van der Waals surface area contributed by atoms with E-state index in [0.717, 1.165) is 10.5 Å². The number of nitrogens with zero attached hydrogens (tertiary/aromatic N) is 2. The molecule has 0 radical (unpaired) electrons. The van der Waals surface area contributed by atoms with E-state index in [1.807, 2.05) is 24.1 Å². The van der Waals surface area contributed by atoms with E-state index in [9.17, 15) is 14.4 Å². The minimum Gasteiger partial charge on any atom is -0.379 e. The molecule has 0 spiro atoms. The van der Waals surface area contributed by atoms with E-state index < -0.39 is 23.8 Å². The molecular formula is C18H22N4O4. The van der Waals surface area contributed by atoms with Crippen LogP contribution in [0, 0.1) is 12.8 Å². The van der Waals surface area contributed by atoms with Crippen LogP contribution in [0.15, 0.2) is 36.0 Å². The SMILES string of the molecule is C/C=C(/NN1CCOCC1)[C@H]1C(=O)NC(=O)N(c2ccccc2C)C1=O. The molecule has 0 unspecified atom stereocenters. The molecule has 8 heteroatoms. The summed E-state index contributed by atoms with van der Waals surface area (Å²) in [6.45, 7) is 5.98. The van der Waals surface area contributed by atoms with Crippen LogP contribution >= 0.6 is 0 Å². The third-order valence-electron chi connectivity index (χ3n) is 4.44. The molecular weight excluding hydrogens is 336 g/mol. The topological polar surface area (TPSA) is 91.0 Å². The molecule has 2 fully saturated rings. The largest absolute Gasteiger partial charge is 0.379 e. The van der Waals surface area contributed by atoms with Crippen molar-refractivity contribution in [1.29, 1.82) is 0 Å². The van der Waals surface area contributed by atoms with Crippen LogP contribution in [0.3, 0.4) is 0 Å². The van der Waals surface area contributed by atoms with E-state index in [0.29, 0.717) is 37.7 Å². The maximum Gasteiger partial charge on any atom is 0.335 e. The van der Waals surface area contributed by atoms with Crippen LogP contribution in [-0.4, -0.2) is 49.2 Å². The molecule has 3 rings (SSSR count). The third-order valence-corrected chi connectivity index (χ3v) is 4.44. The Hall–Kier alpha value is -2.71. The predicted octanol–water partition coefficient (Wildman–Crippen LogP) is 0.935. The molecule has 0 bridgehead atoms. The molecule has 1 aromatic carbocycles. The maximum absolute atomic E-state index is 13.1. The number of barbiturate groups is 1. The van der Waals surface area contributed by atoms with Crippen molar-refractivity contribution in [2.24, 2.45) is 5.92 Å². The maximum atomic E-state index is 13.1. The molecule has 1 aromatic rings. The number of morpholine rings is 1. The lowest BCUT2D eigenvalue weighted by molar-refractivity contribution is -0.133. The molecule has 2 aliphatic rings. The number of nitrogens with one attached hydrogen (secondary N) is 2. The second-order valence-electron chi connectivity index (χ2n) is 6.14. The Balaban J connectivity index is 1.88. The van der Waals surface area contributed by atoms with Gasteiger partial charge >= 0.3 is 6.03 Å². The number of hydrazine groups is 1. The van der Waals surface area contributed by atoms with Crippen molar-refractivity contribution in [2.75, 3.05) is 31.2 Å².